The molecule has 0 aromatic carbocycles. The van der Waals surface area contributed by atoms with Crippen LogP contribution < -0.4 is 5.32 Å². The molecule has 0 amide bonds. The zero-order valence-electron chi connectivity index (χ0n) is 9.83. The Labute approximate surface area is 102 Å². The first kappa shape index (κ1) is 12.5. The predicted octanol–water partition coefficient (Wildman–Crippen LogP) is 0.205. The van der Waals surface area contributed by atoms with E-state index in [9.17, 15) is 8.42 Å². The monoisotopic (exact) mass is 255 g/mol. The van der Waals surface area contributed by atoms with Gasteiger partial charge in [-0.05, 0) is 19.1 Å². The van der Waals surface area contributed by atoms with Crippen LogP contribution in [0.4, 0.5) is 0 Å². The van der Waals surface area contributed by atoms with Crippen molar-refractivity contribution in [1.82, 2.24) is 14.6 Å². The zero-order chi connectivity index (χ0) is 12.3. The van der Waals surface area contributed by atoms with Crippen molar-refractivity contribution in [3.05, 3.63) is 30.1 Å². The lowest BCUT2D eigenvalue weighted by molar-refractivity contribution is 0.329. The highest BCUT2D eigenvalue weighted by molar-refractivity contribution is 7.89. The smallest absolute Gasteiger partial charge is 0.215 e. The maximum absolute atomic E-state index is 12.1. The van der Waals surface area contributed by atoms with Crippen molar-refractivity contribution >= 4 is 10.0 Å². The molecule has 5 nitrogen and oxygen atoms in total. The first-order valence-corrected chi connectivity index (χ1v) is 7.30. The van der Waals surface area contributed by atoms with Crippen LogP contribution >= 0.6 is 0 Å². The van der Waals surface area contributed by atoms with E-state index in [-0.39, 0.29) is 11.8 Å². The Kier molecular flexibility index (Phi) is 3.76. The van der Waals surface area contributed by atoms with E-state index in [2.05, 4.69) is 10.3 Å². The average Bonchev–Trinajstić information content (AvgIpc) is 2.43. The fourth-order valence-corrected chi connectivity index (χ4v) is 3.50. The van der Waals surface area contributed by atoms with Crippen LogP contribution in [0.25, 0.3) is 0 Å². The lowest BCUT2D eigenvalue weighted by Crippen LogP contribution is -2.40. The minimum Gasteiger partial charge on any atom is -0.314 e. The first-order chi connectivity index (χ1) is 8.09. The SMILES string of the molecule is CC1CNCCS(=O)(=O)N1Cc1ccccn1. The molecule has 94 valence electrons. The van der Waals surface area contributed by atoms with E-state index in [0.29, 0.717) is 19.6 Å². The molecule has 1 saturated heterocycles. The highest BCUT2D eigenvalue weighted by Gasteiger charge is 2.29. The molecule has 1 fully saturated rings. The van der Waals surface area contributed by atoms with E-state index < -0.39 is 10.0 Å². The van der Waals surface area contributed by atoms with Gasteiger partial charge in [0.25, 0.3) is 0 Å². The van der Waals surface area contributed by atoms with Crippen molar-refractivity contribution in [3.8, 4) is 0 Å². The molecule has 2 rings (SSSR count). The second-order valence-electron chi connectivity index (χ2n) is 4.24. The molecular formula is C11H17N3O2S. The summed E-state index contributed by atoms with van der Waals surface area (Å²) in [6.45, 7) is 3.47. The van der Waals surface area contributed by atoms with Crippen molar-refractivity contribution in [3.63, 3.8) is 0 Å². The maximum Gasteiger partial charge on any atom is 0.215 e. The summed E-state index contributed by atoms with van der Waals surface area (Å²) in [5.74, 6) is 0.157. The number of hydrogen-bond acceptors (Lipinski definition) is 4. The van der Waals surface area contributed by atoms with Gasteiger partial charge in [0.1, 0.15) is 0 Å². The van der Waals surface area contributed by atoms with Crippen molar-refractivity contribution in [1.29, 1.82) is 0 Å². The van der Waals surface area contributed by atoms with E-state index in [0.717, 1.165) is 5.69 Å². The van der Waals surface area contributed by atoms with Crippen LogP contribution in [-0.2, 0) is 16.6 Å². The second-order valence-corrected chi connectivity index (χ2v) is 6.28. The summed E-state index contributed by atoms with van der Waals surface area (Å²) in [6, 6.07) is 5.51. The van der Waals surface area contributed by atoms with Gasteiger partial charge in [-0.25, -0.2) is 8.42 Å². The topological polar surface area (TPSA) is 62.3 Å². The Morgan fingerprint density at radius 2 is 2.35 bits per heavy atom. The summed E-state index contributed by atoms with van der Waals surface area (Å²) in [5, 5.41) is 3.13. The maximum atomic E-state index is 12.1. The molecule has 0 spiro atoms. The number of nitrogens with zero attached hydrogens (tertiary/aromatic N) is 2. The van der Waals surface area contributed by atoms with Gasteiger partial charge in [0.05, 0.1) is 18.0 Å². The molecule has 1 atom stereocenters. The van der Waals surface area contributed by atoms with E-state index in [1.165, 1.54) is 4.31 Å². The van der Waals surface area contributed by atoms with Gasteiger partial charge >= 0.3 is 0 Å². The molecule has 17 heavy (non-hydrogen) atoms. The molecule has 1 aliphatic rings. The van der Waals surface area contributed by atoms with Crippen LogP contribution in [0.3, 0.4) is 0 Å². The van der Waals surface area contributed by atoms with E-state index in [1.54, 1.807) is 6.20 Å². The van der Waals surface area contributed by atoms with Gasteiger partial charge < -0.3 is 5.32 Å². The fourth-order valence-electron chi connectivity index (χ4n) is 1.91. The third-order valence-corrected chi connectivity index (χ3v) is 4.79. The third-order valence-electron chi connectivity index (χ3n) is 2.87. The van der Waals surface area contributed by atoms with Crippen LogP contribution in [-0.4, -0.2) is 42.6 Å². The zero-order valence-corrected chi connectivity index (χ0v) is 10.7. The van der Waals surface area contributed by atoms with E-state index in [1.807, 2.05) is 25.1 Å². The summed E-state index contributed by atoms with van der Waals surface area (Å²) < 4.78 is 25.7. The van der Waals surface area contributed by atoms with E-state index >= 15 is 0 Å². The van der Waals surface area contributed by atoms with Crippen molar-refractivity contribution in [2.75, 3.05) is 18.8 Å². The number of pyridine rings is 1. The Morgan fingerprint density at radius 1 is 1.53 bits per heavy atom. The normalized spacial score (nSPS) is 25.4. The van der Waals surface area contributed by atoms with Gasteiger partial charge in [-0.1, -0.05) is 6.07 Å². The van der Waals surface area contributed by atoms with Gasteiger partial charge in [-0.2, -0.15) is 4.31 Å². The lowest BCUT2D eigenvalue weighted by atomic mass is 10.3. The van der Waals surface area contributed by atoms with Gasteiger partial charge in [-0.15, -0.1) is 0 Å². The molecule has 0 bridgehead atoms. The van der Waals surface area contributed by atoms with Crippen molar-refractivity contribution < 1.29 is 8.42 Å². The Balaban J connectivity index is 2.21. The molecule has 0 aliphatic carbocycles. The molecule has 1 aromatic rings. The van der Waals surface area contributed by atoms with Crippen LogP contribution in [0.15, 0.2) is 24.4 Å². The molecule has 1 N–H and O–H groups in total. The Hall–Kier alpha value is -0.980. The lowest BCUT2D eigenvalue weighted by Gasteiger charge is -2.25. The number of aromatic nitrogens is 1. The predicted molar refractivity (Wildman–Crippen MR) is 65.9 cm³/mol. The van der Waals surface area contributed by atoms with Gasteiger partial charge in [0.15, 0.2) is 0 Å². The molecule has 1 aliphatic heterocycles. The number of rotatable bonds is 2. The quantitative estimate of drug-likeness (QED) is 0.820. The highest BCUT2D eigenvalue weighted by Crippen LogP contribution is 2.14. The standard InChI is InChI=1S/C11H17N3O2S/c1-10-8-12-6-7-17(15,16)14(10)9-11-4-2-3-5-13-11/h2-5,10,12H,6-9H2,1H3. The van der Waals surface area contributed by atoms with Gasteiger partial charge in [0, 0.05) is 25.3 Å². The summed E-state index contributed by atoms with van der Waals surface area (Å²) >= 11 is 0. The van der Waals surface area contributed by atoms with Crippen LogP contribution in [0.1, 0.15) is 12.6 Å². The van der Waals surface area contributed by atoms with Crippen LogP contribution in [0.2, 0.25) is 0 Å². The molecule has 0 radical (unpaired) electrons. The average molecular weight is 255 g/mol. The largest absolute Gasteiger partial charge is 0.314 e. The minimum atomic E-state index is -3.18. The fraction of sp³-hybridized carbons (Fsp3) is 0.545. The summed E-state index contributed by atoms with van der Waals surface area (Å²) in [7, 11) is -3.18. The third kappa shape index (κ3) is 3.02. The molecule has 0 saturated carbocycles. The van der Waals surface area contributed by atoms with E-state index in [4.69, 9.17) is 0 Å². The van der Waals surface area contributed by atoms with Crippen molar-refractivity contribution in [2.45, 2.75) is 19.5 Å². The number of sulfonamides is 1. The van der Waals surface area contributed by atoms with Crippen molar-refractivity contribution in [2.24, 2.45) is 0 Å². The Morgan fingerprint density at radius 3 is 3.06 bits per heavy atom. The Bertz CT molecular complexity index is 461. The summed E-state index contributed by atoms with van der Waals surface area (Å²) in [5.41, 5.74) is 0.782. The number of nitrogens with one attached hydrogen (secondary N) is 1. The molecule has 1 unspecified atom stereocenters. The van der Waals surface area contributed by atoms with Gasteiger partial charge in [-0.3, -0.25) is 4.98 Å². The highest BCUT2D eigenvalue weighted by atomic mass is 32.2. The molecule has 6 heteroatoms. The summed E-state index contributed by atoms with van der Waals surface area (Å²) in [6.07, 6.45) is 1.68. The van der Waals surface area contributed by atoms with Gasteiger partial charge in [0.2, 0.25) is 10.0 Å². The molecule has 1 aromatic heterocycles. The first-order valence-electron chi connectivity index (χ1n) is 5.70. The number of hydrogen-bond donors (Lipinski definition) is 1. The summed E-state index contributed by atoms with van der Waals surface area (Å²) in [4.78, 5) is 4.18. The molecule has 2 heterocycles. The van der Waals surface area contributed by atoms with Crippen LogP contribution in [0.5, 0.6) is 0 Å². The minimum absolute atomic E-state index is 0.0375. The van der Waals surface area contributed by atoms with Crippen LogP contribution in [0, 0.1) is 0 Å². The second kappa shape index (κ2) is 5.12. The molecular weight excluding hydrogens is 238 g/mol.